The van der Waals surface area contributed by atoms with Gasteiger partial charge >= 0.3 is 0 Å². The van der Waals surface area contributed by atoms with Crippen LogP contribution in [0.4, 0.5) is 0 Å². The number of likely N-dealkylation sites (tertiary alicyclic amines) is 1. The first kappa shape index (κ1) is 15.5. The molecule has 2 fully saturated rings. The number of aliphatic hydroxyl groups is 1. The summed E-state index contributed by atoms with van der Waals surface area (Å²) in [5.41, 5.74) is 0.924. The second-order valence-corrected chi connectivity index (χ2v) is 6.50. The van der Waals surface area contributed by atoms with Crippen LogP contribution < -0.4 is 0 Å². The highest BCUT2D eigenvalue weighted by molar-refractivity contribution is 5.81. The fraction of sp³-hybridized carbons (Fsp3) is 0.611. The Morgan fingerprint density at radius 2 is 2.09 bits per heavy atom. The van der Waals surface area contributed by atoms with Gasteiger partial charge < -0.3 is 14.7 Å². The van der Waals surface area contributed by atoms with Gasteiger partial charge in [0.05, 0.1) is 12.2 Å². The Morgan fingerprint density at radius 1 is 1.32 bits per heavy atom. The van der Waals surface area contributed by atoms with Crippen molar-refractivity contribution in [2.24, 2.45) is 0 Å². The molecule has 2 heterocycles. The molecule has 0 radical (unpaired) electrons. The smallest absolute Gasteiger partial charge is 0.251 e. The molecular weight excluding hydrogens is 278 g/mol. The van der Waals surface area contributed by atoms with Crippen molar-refractivity contribution in [3.8, 4) is 0 Å². The number of rotatable bonds is 4. The standard InChI is InChI=1S/C18H25NO3/c1-13-9-10-17(22-13)18(21)19-11-5-8-15(19)12-16(20)14-6-3-2-4-7-14/h2-4,6-7,13,15-17,20H,5,8-12H2,1H3. The van der Waals surface area contributed by atoms with E-state index >= 15 is 0 Å². The average Bonchev–Trinajstić information content (AvgIpc) is 3.16. The minimum atomic E-state index is -0.511. The van der Waals surface area contributed by atoms with Gasteiger partial charge in [0.1, 0.15) is 6.10 Å². The molecule has 4 heteroatoms. The fourth-order valence-electron chi connectivity index (χ4n) is 3.61. The molecular formula is C18H25NO3. The van der Waals surface area contributed by atoms with Crippen LogP contribution in [0.3, 0.4) is 0 Å². The summed E-state index contributed by atoms with van der Waals surface area (Å²) in [6.45, 7) is 2.81. The van der Waals surface area contributed by atoms with E-state index in [-0.39, 0.29) is 24.2 Å². The van der Waals surface area contributed by atoms with E-state index in [1.54, 1.807) is 0 Å². The number of amides is 1. The topological polar surface area (TPSA) is 49.8 Å². The lowest BCUT2D eigenvalue weighted by atomic mass is 10.00. The van der Waals surface area contributed by atoms with Crippen molar-refractivity contribution in [3.63, 3.8) is 0 Å². The molecule has 1 aromatic rings. The highest BCUT2D eigenvalue weighted by atomic mass is 16.5. The summed E-state index contributed by atoms with van der Waals surface area (Å²) in [4.78, 5) is 14.6. The zero-order chi connectivity index (χ0) is 15.5. The Hall–Kier alpha value is -1.39. The van der Waals surface area contributed by atoms with E-state index in [0.717, 1.165) is 37.8 Å². The maximum Gasteiger partial charge on any atom is 0.251 e. The fourth-order valence-corrected chi connectivity index (χ4v) is 3.61. The molecule has 0 aromatic heterocycles. The SMILES string of the molecule is CC1CCC(C(=O)N2CCCC2CC(O)c2ccccc2)O1. The van der Waals surface area contributed by atoms with E-state index in [1.165, 1.54) is 0 Å². The number of nitrogens with zero attached hydrogens (tertiary/aromatic N) is 1. The van der Waals surface area contributed by atoms with Crippen LogP contribution in [0.5, 0.6) is 0 Å². The van der Waals surface area contributed by atoms with Gasteiger partial charge in [0, 0.05) is 12.6 Å². The summed E-state index contributed by atoms with van der Waals surface area (Å²) < 4.78 is 5.72. The maximum absolute atomic E-state index is 12.6. The number of ether oxygens (including phenoxy) is 1. The van der Waals surface area contributed by atoms with Crippen LogP contribution in [0.15, 0.2) is 30.3 Å². The molecule has 2 aliphatic rings. The molecule has 120 valence electrons. The molecule has 0 bridgehead atoms. The minimum absolute atomic E-state index is 0.118. The molecule has 1 amide bonds. The summed E-state index contributed by atoms with van der Waals surface area (Å²) in [6, 6.07) is 9.82. The quantitative estimate of drug-likeness (QED) is 0.930. The van der Waals surface area contributed by atoms with Gasteiger partial charge in [-0.2, -0.15) is 0 Å². The minimum Gasteiger partial charge on any atom is -0.388 e. The first-order valence-corrected chi connectivity index (χ1v) is 8.34. The largest absolute Gasteiger partial charge is 0.388 e. The third kappa shape index (κ3) is 3.33. The summed E-state index contributed by atoms with van der Waals surface area (Å²) in [5, 5.41) is 10.4. The maximum atomic E-state index is 12.6. The third-order valence-corrected chi connectivity index (χ3v) is 4.85. The lowest BCUT2D eigenvalue weighted by molar-refractivity contribution is -0.144. The molecule has 3 rings (SSSR count). The number of carbonyl (C=O) groups is 1. The zero-order valence-corrected chi connectivity index (χ0v) is 13.1. The molecule has 4 unspecified atom stereocenters. The van der Waals surface area contributed by atoms with Gasteiger partial charge in [-0.1, -0.05) is 30.3 Å². The van der Waals surface area contributed by atoms with E-state index < -0.39 is 6.10 Å². The summed E-state index contributed by atoms with van der Waals surface area (Å²) >= 11 is 0. The molecule has 0 saturated carbocycles. The molecule has 4 nitrogen and oxygen atoms in total. The Bertz CT molecular complexity index is 504. The van der Waals surface area contributed by atoms with Crippen molar-refractivity contribution in [3.05, 3.63) is 35.9 Å². The van der Waals surface area contributed by atoms with Gasteiger partial charge in [-0.25, -0.2) is 0 Å². The number of hydrogen-bond acceptors (Lipinski definition) is 3. The van der Waals surface area contributed by atoms with Gasteiger partial charge in [0.2, 0.25) is 0 Å². The molecule has 1 N–H and O–H groups in total. The molecule has 2 aliphatic heterocycles. The Labute approximate surface area is 132 Å². The highest BCUT2D eigenvalue weighted by Gasteiger charge is 2.37. The van der Waals surface area contributed by atoms with Crippen molar-refractivity contribution < 1.29 is 14.6 Å². The first-order valence-electron chi connectivity index (χ1n) is 8.34. The molecule has 0 aliphatic carbocycles. The molecule has 2 saturated heterocycles. The Balaban J connectivity index is 1.62. The van der Waals surface area contributed by atoms with Gasteiger partial charge in [-0.3, -0.25) is 4.79 Å². The summed E-state index contributed by atoms with van der Waals surface area (Å²) in [6.07, 6.45) is 3.78. The van der Waals surface area contributed by atoms with Crippen LogP contribution in [0, 0.1) is 0 Å². The Morgan fingerprint density at radius 3 is 2.77 bits per heavy atom. The Kier molecular flexibility index (Phi) is 4.79. The van der Waals surface area contributed by atoms with Gasteiger partial charge in [-0.15, -0.1) is 0 Å². The van der Waals surface area contributed by atoms with Gasteiger partial charge in [0.15, 0.2) is 0 Å². The van der Waals surface area contributed by atoms with Crippen LogP contribution in [-0.2, 0) is 9.53 Å². The molecule has 1 aromatic carbocycles. The van der Waals surface area contributed by atoms with Crippen molar-refractivity contribution in [1.82, 2.24) is 4.90 Å². The van der Waals surface area contributed by atoms with E-state index in [1.807, 2.05) is 42.2 Å². The van der Waals surface area contributed by atoms with Crippen LogP contribution in [0.2, 0.25) is 0 Å². The second kappa shape index (κ2) is 6.80. The summed E-state index contributed by atoms with van der Waals surface area (Å²) in [5.74, 6) is 0.118. The lowest BCUT2D eigenvalue weighted by Crippen LogP contribution is -2.42. The van der Waals surface area contributed by atoms with Crippen LogP contribution in [0.1, 0.15) is 50.7 Å². The monoisotopic (exact) mass is 303 g/mol. The van der Waals surface area contributed by atoms with Gasteiger partial charge in [-0.05, 0) is 44.6 Å². The average molecular weight is 303 g/mol. The van der Waals surface area contributed by atoms with Crippen molar-refractivity contribution >= 4 is 5.91 Å². The number of aliphatic hydroxyl groups excluding tert-OH is 1. The van der Waals surface area contributed by atoms with Crippen LogP contribution >= 0.6 is 0 Å². The van der Waals surface area contributed by atoms with E-state index in [2.05, 4.69) is 0 Å². The number of hydrogen-bond donors (Lipinski definition) is 1. The summed E-state index contributed by atoms with van der Waals surface area (Å²) in [7, 11) is 0. The predicted octanol–water partition coefficient (Wildman–Crippen LogP) is 2.67. The third-order valence-electron chi connectivity index (χ3n) is 4.85. The van der Waals surface area contributed by atoms with Crippen molar-refractivity contribution in [2.75, 3.05) is 6.54 Å². The normalized spacial score (nSPS) is 29.7. The van der Waals surface area contributed by atoms with Crippen molar-refractivity contribution in [1.29, 1.82) is 0 Å². The second-order valence-electron chi connectivity index (χ2n) is 6.50. The van der Waals surface area contributed by atoms with Gasteiger partial charge in [0.25, 0.3) is 5.91 Å². The van der Waals surface area contributed by atoms with E-state index in [0.29, 0.717) is 6.42 Å². The van der Waals surface area contributed by atoms with E-state index in [9.17, 15) is 9.90 Å². The molecule has 22 heavy (non-hydrogen) atoms. The lowest BCUT2D eigenvalue weighted by Gasteiger charge is -2.28. The van der Waals surface area contributed by atoms with Crippen LogP contribution in [0.25, 0.3) is 0 Å². The first-order chi connectivity index (χ1) is 10.6. The number of benzene rings is 1. The highest BCUT2D eigenvalue weighted by Crippen LogP contribution is 2.30. The predicted molar refractivity (Wildman–Crippen MR) is 84.3 cm³/mol. The van der Waals surface area contributed by atoms with Crippen molar-refractivity contribution in [2.45, 2.75) is 63.4 Å². The number of carbonyl (C=O) groups excluding carboxylic acids is 1. The zero-order valence-electron chi connectivity index (χ0n) is 13.1. The molecule has 4 atom stereocenters. The van der Waals surface area contributed by atoms with Crippen LogP contribution in [-0.4, -0.2) is 40.7 Å². The van der Waals surface area contributed by atoms with E-state index in [4.69, 9.17) is 4.74 Å². The molecule has 0 spiro atoms.